The van der Waals surface area contributed by atoms with Crippen LogP contribution in [-0.2, 0) is 4.74 Å². The zero-order valence-corrected chi connectivity index (χ0v) is 12.2. The lowest BCUT2D eigenvalue weighted by Gasteiger charge is -2.15. The predicted octanol–water partition coefficient (Wildman–Crippen LogP) is 2.13. The monoisotopic (exact) mass is 275 g/mol. The average Bonchev–Trinajstić information content (AvgIpc) is 2.85. The van der Waals surface area contributed by atoms with Gasteiger partial charge in [0.15, 0.2) is 0 Å². The molecule has 0 fully saturated rings. The Balaban J connectivity index is 1.90. The number of aromatic nitrogens is 2. The number of pyridine rings is 1. The summed E-state index contributed by atoms with van der Waals surface area (Å²) in [7, 11) is 0. The van der Waals surface area contributed by atoms with E-state index in [0.717, 1.165) is 5.65 Å². The van der Waals surface area contributed by atoms with Crippen LogP contribution >= 0.6 is 0 Å². The van der Waals surface area contributed by atoms with Gasteiger partial charge in [-0.3, -0.25) is 4.79 Å². The largest absolute Gasteiger partial charge is 0.379 e. The summed E-state index contributed by atoms with van der Waals surface area (Å²) >= 11 is 0. The van der Waals surface area contributed by atoms with Crippen LogP contribution < -0.4 is 5.32 Å². The van der Waals surface area contributed by atoms with Crippen LogP contribution in [0, 0.1) is 5.92 Å². The zero-order chi connectivity index (χ0) is 14.5. The van der Waals surface area contributed by atoms with Crippen LogP contribution in [0.4, 0.5) is 0 Å². The van der Waals surface area contributed by atoms with Crippen LogP contribution in [0.2, 0.25) is 0 Å². The van der Waals surface area contributed by atoms with Crippen LogP contribution in [0.25, 0.3) is 5.65 Å². The second-order valence-corrected chi connectivity index (χ2v) is 5.42. The summed E-state index contributed by atoms with van der Waals surface area (Å²) in [5, 5.41) is 2.93. The SMILES string of the molecule is CC(C)COCC(C)NC(=O)c1ccc2nccn2c1. The van der Waals surface area contributed by atoms with Crippen molar-refractivity contribution in [1.29, 1.82) is 0 Å². The highest BCUT2D eigenvalue weighted by Gasteiger charge is 2.11. The van der Waals surface area contributed by atoms with Crippen molar-refractivity contribution in [2.75, 3.05) is 13.2 Å². The first kappa shape index (κ1) is 14.5. The van der Waals surface area contributed by atoms with E-state index >= 15 is 0 Å². The Morgan fingerprint density at radius 3 is 2.90 bits per heavy atom. The smallest absolute Gasteiger partial charge is 0.253 e. The van der Waals surface area contributed by atoms with Gasteiger partial charge in [0, 0.05) is 31.2 Å². The Morgan fingerprint density at radius 2 is 2.15 bits per heavy atom. The van der Waals surface area contributed by atoms with Crippen molar-refractivity contribution >= 4 is 11.6 Å². The fourth-order valence-corrected chi connectivity index (χ4v) is 1.88. The Morgan fingerprint density at radius 1 is 1.35 bits per heavy atom. The average molecular weight is 275 g/mol. The lowest BCUT2D eigenvalue weighted by atomic mass is 10.2. The highest BCUT2D eigenvalue weighted by Crippen LogP contribution is 2.05. The van der Waals surface area contributed by atoms with Crippen LogP contribution in [0.1, 0.15) is 31.1 Å². The number of nitrogens with one attached hydrogen (secondary N) is 1. The molecule has 1 N–H and O–H groups in total. The molecular formula is C15H21N3O2. The van der Waals surface area contributed by atoms with Crippen LogP contribution in [0.15, 0.2) is 30.7 Å². The van der Waals surface area contributed by atoms with E-state index < -0.39 is 0 Å². The summed E-state index contributed by atoms with van der Waals surface area (Å²) in [6.07, 6.45) is 5.31. The van der Waals surface area contributed by atoms with Gasteiger partial charge in [-0.2, -0.15) is 0 Å². The van der Waals surface area contributed by atoms with Gasteiger partial charge < -0.3 is 14.5 Å². The molecule has 0 spiro atoms. The first-order chi connectivity index (χ1) is 9.56. The van der Waals surface area contributed by atoms with E-state index in [9.17, 15) is 4.79 Å². The number of hydrogen-bond donors (Lipinski definition) is 1. The number of hydrogen-bond acceptors (Lipinski definition) is 3. The van der Waals surface area contributed by atoms with Crippen molar-refractivity contribution < 1.29 is 9.53 Å². The van der Waals surface area contributed by atoms with Crippen LogP contribution in [0.5, 0.6) is 0 Å². The summed E-state index contributed by atoms with van der Waals surface area (Å²) in [6, 6.07) is 3.59. The first-order valence-corrected chi connectivity index (χ1v) is 6.87. The summed E-state index contributed by atoms with van der Waals surface area (Å²) in [5.74, 6) is 0.405. The summed E-state index contributed by atoms with van der Waals surface area (Å²) in [5.41, 5.74) is 1.45. The van der Waals surface area contributed by atoms with E-state index in [-0.39, 0.29) is 11.9 Å². The van der Waals surface area contributed by atoms with Crippen molar-refractivity contribution in [3.63, 3.8) is 0 Å². The summed E-state index contributed by atoms with van der Waals surface area (Å²) < 4.78 is 7.35. The number of imidazole rings is 1. The van der Waals surface area contributed by atoms with E-state index in [1.807, 2.05) is 23.6 Å². The minimum absolute atomic E-state index is 0.0141. The van der Waals surface area contributed by atoms with Gasteiger partial charge in [0.2, 0.25) is 0 Å². The van der Waals surface area contributed by atoms with E-state index in [1.54, 1.807) is 18.5 Å². The van der Waals surface area contributed by atoms with E-state index in [2.05, 4.69) is 24.1 Å². The molecular weight excluding hydrogens is 254 g/mol. The molecule has 0 bridgehead atoms. The maximum atomic E-state index is 12.1. The Kier molecular flexibility index (Phi) is 4.74. The first-order valence-electron chi connectivity index (χ1n) is 6.87. The minimum Gasteiger partial charge on any atom is -0.379 e. The lowest BCUT2D eigenvalue weighted by molar-refractivity contribution is 0.0791. The molecule has 5 nitrogen and oxygen atoms in total. The van der Waals surface area contributed by atoms with Gasteiger partial charge in [0.05, 0.1) is 12.2 Å². The van der Waals surface area contributed by atoms with Gasteiger partial charge in [-0.15, -0.1) is 0 Å². The van der Waals surface area contributed by atoms with E-state index in [0.29, 0.717) is 24.7 Å². The quantitative estimate of drug-likeness (QED) is 0.878. The Hall–Kier alpha value is -1.88. The molecule has 108 valence electrons. The van der Waals surface area contributed by atoms with E-state index in [1.165, 1.54) is 0 Å². The van der Waals surface area contributed by atoms with Crippen molar-refractivity contribution in [1.82, 2.24) is 14.7 Å². The number of amides is 1. The van der Waals surface area contributed by atoms with Crippen molar-refractivity contribution in [3.05, 3.63) is 36.3 Å². The molecule has 0 saturated heterocycles. The standard InChI is InChI=1S/C15H21N3O2/c1-11(2)9-20-10-12(3)17-15(19)13-4-5-14-16-6-7-18(14)8-13/h4-8,11-12H,9-10H2,1-3H3,(H,17,19). The van der Waals surface area contributed by atoms with Gasteiger partial charge in [0.1, 0.15) is 5.65 Å². The third-order valence-electron chi connectivity index (χ3n) is 2.85. The van der Waals surface area contributed by atoms with Crippen molar-refractivity contribution in [2.24, 2.45) is 5.92 Å². The van der Waals surface area contributed by atoms with Gasteiger partial charge in [-0.1, -0.05) is 13.8 Å². The van der Waals surface area contributed by atoms with Gasteiger partial charge in [-0.25, -0.2) is 4.98 Å². The lowest BCUT2D eigenvalue weighted by Crippen LogP contribution is -2.36. The Labute approximate surface area is 119 Å². The molecule has 5 heteroatoms. The number of carbonyl (C=O) groups is 1. The second kappa shape index (κ2) is 6.52. The maximum absolute atomic E-state index is 12.1. The number of carbonyl (C=O) groups excluding carboxylic acids is 1. The number of fused-ring (bicyclic) bond motifs is 1. The molecule has 1 atom stereocenters. The topological polar surface area (TPSA) is 55.6 Å². The van der Waals surface area contributed by atoms with Crippen LogP contribution in [-0.4, -0.2) is 34.5 Å². The molecule has 20 heavy (non-hydrogen) atoms. The molecule has 0 radical (unpaired) electrons. The highest BCUT2D eigenvalue weighted by molar-refractivity contribution is 5.94. The van der Waals surface area contributed by atoms with Gasteiger partial charge in [0.25, 0.3) is 5.91 Å². The normalized spacial score (nSPS) is 12.8. The maximum Gasteiger partial charge on any atom is 0.253 e. The molecule has 0 aliphatic heterocycles. The molecule has 0 aliphatic carbocycles. The summed E-state index contributed by atoms with van der Waals surface area (Å²) in [6.45, 7) is 7.37. The van der Waals surface area contributed by atoms with Gasteiger partial charge >= 0.3 is 0 Å². The molecule has 2 aromatic rings. The van der Waals surface area contributed by atoms with E-state index in [4.69, 9.17) is 4.74 Å². The molecule has 0 saturated carbocycles. The number of ether oxygens (including phenoxy) is 1. The predicted molar refractivity (Wildman–Crippen MR) is 77.8 cm³/mol. The third-order valence-corrected chi connectivity index (χ3v) is 2.85. The van der Waals surface area contributed by atoms with Crippen LogP contribution in [0.3, 0.4) is 0 Å². The van der Waals surface area contributed by atoms with Crippen molar-refractivity contribution in [3.8, 4) is 0 Å². The fourth-order valence-electron chi connectivity index (χ4n) is 1.88. The molecule has 2 heterocycles. The molecule has 0 aliphatic rings. The molecule has 2 rings (SSSR count). The molecule has 1 amide bonds. The fraction of sp³-hybridized carbons (Fsp3) is 0.467. The third kappa shape index (κ3) is 3.81. The molecule has 2 aromatic heterocycles. The van der Waals surface area contributed by atoms with Gasteiger partial charge in [-0.05, 0) is 25.0 Å². The Bertz CT molecular complexity index is 577. The molecule has 1 unspecified atom stereocenters. The summed E-state index contributed by atoms with van der Waals surface area (Å²) in [4.78, 5) is 16.3. The number of rotatable bonds is 6. The zero-order valence-electron chi connectivity index (χ0n) is 12.2. The second-order valence-electron chi connectivity index (χ2n) is 5.42. The molecule has 0 aromatic carbocycles. The minimum atomic E-state index is -0.0961. The van der Waals surface area contributed by atoms with Crippen molar-refractivity contribution in [2.45, 2.75) is 26.8 Å². The highest BCUT2D eigenvalue weighted by atomic mass is 16.5. The number of nitrogens with zero attached hydrogens (tertiary/aromatic N) is 2.